The molecule has 0 spiro atoms. The summed E-state index contributed by atoms with van der Waals surface area (Å²) in [5.41, 5.74) is 1.47. The Bertz CT molecular complexity index is 228. The number of thioether (sulfide) groups is 1. The van der Waals surface area contributed by atoms with Crippen molar-refractivity contribution < 1.29 is 0 Å². The van der Waals surface area contributed by atoms with Crippen LogP contribution in [0.1, 0.15) is 32.3 Å². The van der Waals surface area contributed by atoms with Gasteiger partial charge in [0.05, 0.1) is 0 Å². The molecule has 0 fully saturated rings. The fourth-order valence-corrected chi connectivity index (χ4v) is 2.76. The van der Waals surface area contributed by atoms with Crippen LogP contribution >= 0.6 is 11.8 Å². The lowest BCUT2D eigenvalue weighted by atomic mass is 9.93. The minimum Gasteiger partial charge on any atom is -0.154 e. The van der Waals surface area contributed by atoms with Crippen LogP contribution in [-0.2, 0) is 4.75 Å². The first-order valence-corrected chi connectivity index (χ1v) is 6.12. The third kappa shape index (κ3) is 2.08. The quantitative estimate of drug-likeness (QED) is 0.696. The molecule has 0 aliphatic heterocycles. The summed E-state index contributed by atoms with van der Waals surface area (Å²) in [5, 5.41) is 0. The largest absolute Gasteiger partial charge is 0.154 e. The van der Waals surface area contributed by atoms with Crippen LogP contribution in [0.2, 0.25) is 0 Å². The van der Waals surface area contributed by atoms with E-state index in [0.29, 0.717) is 4.75 Å². The Morgan fingerprint density at radius 2 is 1.62 bits per heavy atom. The molecule has 0 saturated heterocycles. The van der Waals surface area contributed by atoms with Gasteiger partial charge in [0.2, 0.25) is 0 Å². The summed E-state index contributed by atoms with van der Waals surface area (Å²) in [4.78, 5) is 0. The SMILES string of the molecule is CCC(CC)(SC)c1ccccc1. The highest BCUT2D eigenvalue weighted by atomic mass is 32.2. The molecule has 0 N–H and O–H groups in total. The Hall–Kier alpha value is -0.430. The van der Waals surface area contributed by atoms with E-state index in [4.69, 9.17) is 0 Å². The van der Waals surface area contributed by atoms with Crippen LogP contribution in [0.5, 0.6) is 0 Å². The molecule has 0 radical (unpaired) electrons. The molecule has 0 unspecified atom stereocenters. The van der Waals surface area contributed by atoms with Gasteiger partial charge in [-0.1, -0.05) is 44.2 Å². The van der Waals surface area contributed by atoms with Gasteiger partial charge >= 0.3 is 0 Å². The Balaban J connectivity index is 3.01. The molecule has 72 valence electrons. The number of hydrogen-bond acceptors (Lipinski definition) is 1. The number of hydrogen-bond donors (Lipinski definition) is 0. The van der Waals surface area contributed by atoms with Crippen molar-refractivity contribution >= 4 is 11.8 Å². The fourth-order valence-electron chi connectivity index (χ4n) is 1.81. The first-order chi connectivity index (χ1) is 6.29. The van der Waals surface area contributed by atoms with Crippen molar-refractivity contribution in [2.75, 3.05) is 6.26 Å². The molecule has 0 aromatic heterocycles. The molecule has 0 amide bonds. The zero-order chi connectivity index (χ0) is 9.73. The van der Waals surface area contributed by atoms with Gasteiger partial charge in [0, 0.05) is 4.75 Å². The molecule has 0 saturated carbocycles. The van der Waals surface area contributed by atoms with Crippen molar-refractivity contribution in [1.82, 2.24) is 0 Å². The summed E-state index contributed by atoms with van der Waals surface area (Å²) in [6.07, 6.45) is 4.61. The fraction of sp³-hybridized carbons (Fsp3) is 0.500. The van der Waals surface area contributed by atoms with Gasteiger partial charge in [0.15, 0.2) is 0 Å². The molecule has 1 aromatic carbocycles. The van der Waals surface area contributed by atoms with Gasteiger partial charge in [-0.2, -0.15) is 11.8 Å². The van der Waals surface area contributed by atoms with Gasteiger partial charge in [-0.3, -0.25) is 0 Å². The van der Waals surface area contributed by atoms with Gasteiger partial charge < -0.3 is 0 Å². The van der Waals surface area contributed by atoms with Gasteiger partial charge in [-0.15, -0.1) is 0 Å². The maximum Gasteiger partial charge on any atom is 0.0400 e. The standard InChI is InChI=1S/C12H18S/c1-4-12(5-2,13-3)11-9-7-6-8-10-11/h6-10H,4-5H2,1-3H3. The van der Waals surface area contributed by atoms with E-state index in [-0.39, 0.29) is 0 Å². The molecule has 0 nitrogen and oxygen atoms in total. The van der Waals surface area contributed by atoms with Crippen molar-refractivity contribution in [1.29, 1.82) is 0 Å². The van der Waals surface area contributed by atoms with E-state index in [2.05, 4.69) is 50.4 Å². The van der Waals surface area contributed by atoms with Crippen LogP contribution in [0.3, 0.4) is 0 Å². The second-order valence-electron chi connectivity index (χ2n) is 3.27. The van der Waals surface area contributed by atoms with Crippen molar-refractivity contribution in [3.63, 3.8) is 0 Å². The van der Waals surface area contributed by atoms with E-state index < -0.39 is 0 Å². The van der Waals surface area contributed by atoms with Crippen LogP contribution < -0.4 is 0 Å². The van der Waals surface area contributed by atoms with E-state index in [1.807, 2.05) is 11.8 Å². The number of benzene rings is 1. The van der Waals surface area contributed by atoms with Crippen molar-refractivity contribution in [3.8, 4) is 0 Å². The summed E-state index contributed by atoms with van der Waals surface area (Å²) in [5.74, 6) is 0. The van der Waals surface area contributed by atoms with Crippen molar-refractivity contribution in [2.45, 2.75) is 31.4 Å². The molecule has 1 rings (SSSR count). The third-order valence-electron chi connectivity index (χ3n) is 2.83. The van der Waals surface area contributed by atoms with Crippen molar-refractivity contribution in [2.24, 2.45) is 0 Å². The highest BCUT2D eigenvalue weighted by molar-refractivity contribution is 7.99. The zero-order valence-electron chi connectivity index (χ0n) is 8.71. The zero-order valence-corrected chi connectivity index (χ0v) is 9.53. The van der Waals surface area contributed by atoms with Crippen LogP contribution in [0.25, 0.3) is 0 Å². The van der Waals surface area contributed by atoms with E-state index >= 15 is 0 Å². The molecule has 0 aliphatic rings. The Morgan fingerprint density at radius 1 is 1.08 bits per heavy atom. The summed E-state index contributed by atoms with van der Waals surface area (Å²) in [6, 6.07) is 10.8. The molecule has 0 atom stereocenters. The Labute approximate surface area is 85.7 Å². The average molecular weight is 194 g/mol. The monoisotopic (exact) mass is 194 g/mol. The Kier molecular flexibility index (Phi) is 3.86. The summed E-state index contributed by atoms with van der Waals surface area (Å²) >= 11 is 1.97. The lowest BCUT2D eigenvalue weighted by Gasteiger charge is -2.30. The summed E-state index contributed by atoms with van der Waals surface area (Å²) in [6.45, 7) is 4.54. The van der Waals surface area contributed by atoms with E-state index in [1.54, 1.807) is 0 Å². The molecule has 13 heavy (non-hydrogen) atoms. The molecular weight excluding hydrogens is 176 g/mol. The van der Waals surface area contributed by atoms with Gasteiger partial charge in [-0.05, 0) is 24.7 Å². The topological polar surface area (TPSA) is 0 Å². The van der Waals surface area contributed by atoms with Gasteiger partial charge in [-0.25, -0.2) is 0 Å². The third-order valence-corrected chi connectivity index (χ3v) is 4.43. The van der Waals surface area contributed by atoms with Gasteiger partial charge in [0.1, 0.15) is 0 Å². The van der Waals surface area contributed by atoms with Crippen LogP contribution in [0.4, 0.5) is 0 Å². The minimum absolute atomic E-state index is 0.335. The molecule has 1 heteroatoms. The molecule has 0 bridgehead atoms. The predicted octanol–water partition coefficient (Wildman–Crippen LogP) is 4.06. The first-order valence-electron chi connectivity index (χ1n) is 4.89. The first kappa shape index (κ1) is 10.6. The minimum atomic E-state index is 0.335. The number of rotatable bonds is 4. The van der Waals surface area contributed by atoms with Crippen molar-refractivity contribution in [3.05, 3.63) is 35.9 Å². The second-order valence-corrected chi connectivity index (χ2v) is 4.46. The van der Waals surface area contributed by atoms with E-state index in [0.717, 1.165) is 0 Å². The van der Waals surface area contributed by atoms with E-state index in [1.165, 1.54) is 18.4 Å². The van der Waals surface area contributed by atoms with Gasteiger partial charge in [0.25, 0.3) is 0 Å². The lowest BCUT2D eigenvalue weighted by molar-refractivity contribution is 0.581. The maximum atomic E-state index is 2.27. The smallest absolute Gasteiger partial charge is 0.0400 e. The predicted molar refractivity (Wildman–Crippen MR) is 62.2 cm³/mol. The van der Waals surface area contributed by atoms with Crippen LogP contribution in [0, 0.1) is 0 Å². The molecule has 0 aliphatic carbocycles. The molecule has 0 heterocycles. The van der Waals surface area contributed by atoms with Crippen LogP contribution in [-0.4, -0.2) is 6.26 Å². The average Bonchev–Trinajstić information content (AvgIpc) is 2.23. The Morgan fingerprint density at radius 3 is 2.00 bits per heavy atom. The lowest BCUT2D eigenvalue weighted by Crippen LogP contribution is -2.18. The highest BCUT2D eigenvalue weighted by Gasteiger charge is 2.26. The highest BCUT2D eigenvalue weighted by Crippen LogP contribution is 2.40. The van der Waals surface area contributed by atoms with Crippen LogP contribution in [0.15, 0.2) is 30.3 Å². The molecule has 1 aromatic rings. The second kappa shape index (κ2) is 4.71. The van der Waals surface area contributed by atoms with E-state index in [9.17, 15) is 0 Å². The summed E-state index contributed by atoms with van der Waals surface area (Å²) in [7, 11) is 0. The maximum absolute atomic E-state index is 2.27. The normalized spacial score (nSPS) is 11.6. The summed E-state index contributed by atoms with van der Waals surface area (Å²) < 4.78 is 0.335. The molecular formula is C12H18S.